The highest BCUT2D eigenvalue weighted by molar-refractivity contribution is 5.80. The topological polar surface area (TPSA) is 30.2 Å². The molecule has 0 bridgehead atoms. The number of hydrogen-bond donors (Lipinski definition) is 0. The largest absolute Gasteiger partial charge is 0.456 e. The van der Waals surface area contributed by atoms with Gasteiger partial charge in [0.2, 0.25) is 0 Å². The molecule has 1 fully saturated rings. The Bertz CT molecular complexity index is 984. The lowest BCUT2D eigenvalue weighted by Crippen LogP contribution is -2.30. The van der Waals surface area contributed by atoms with Crippen molar-refractivity contribution in [1.82, 2.24) is 0 Å². The molecule has 2 nitrogen and oxygen atoms in total. The summed E-state index contributed by atoms with van der Waals surface area (Å²) in [4.78, 5) is 13.6. The van der Waals surface area contributed by atoms with Gasteiger partial charge in [0.25, 0.3) is 0 Å². The van der Waals surface area contributed by atoms with Crippen LogP contribution in [-0.4, -0.2) is 0 Å². The van der Waals surface area contributed by atoms with Gasteiger partial charge in [-0.1, -0.05) is 69.7 Å². The Hall–Kier alpha value is -2.35. The second-order valence-electron chi connectivity index (χ2n) is 8.47. The molecule has 140 valence electrons. The minimum Gasteiger partial charge on any atom is -0.456 e. The Balaban J connectivity index is 2.00. The fourth-order valence-electron chi connectivity index (χ4n) is 4.83. The summed E-state index contributed by atoms with van der Waals surface area (Å²) in [7, 11) is 0. The van der Waals surface area contributed by atoms with Crippen LogP contribution in [0.1, 0.15) is 51.5 Å². The summed E-state index contributed by atoms with van der Waals surface area (Å²) in [5.74, 6) is 2.73. The molecule has 1 aliphatic carbocycles. The van der Waals surface area contributed by atoms with E-state index in [9.17, 15) is 4.79 Å². The van der Waals surface area contributed by atoms with Gasteiger partial charge in [0.15, 0.2) is 5.43 Å². The lowest BCUT2D eigenvalue weighted by molar-refractivity contribution is 0.196. The first-order chi connectivity index (χ1) is 13.1. The molecule has 1 heterocycles. The average Bonchev–Trinajstić information content (AvgIpc) is 2.68. The van der Waals surface area contributed by atoms with Crippen LogP contribution in [0.2, 0.25) is 0 Å². The normalized spacial score (nSPS) is 23.0. The van der Waals surface area contributed by atoms with E-state index in [2.05, 4.69) is 20.8 Å². The highest BCUT2D eigenvalue weighted by Crippen LogP contribution is 2.46. The van der Waals surface area contributed by atoms with Crippen LogP contribution < -0.4 is 5.43 Å². The van der Waals surface area contributed by atoms with Crippen molar-refractivity contribution in [2.75, 3.05) is 0 Å². The van der Waals surface area contributed by atoms with Crippen molar-refractivity contribution in [3.05, 3.63) is 70.4 Å². The van der Waals surface area contributed by atoms with E-state index in [1.165, 1.54) is 12.8 Å². The molecule has 0 amide bonds. The number of para-hydroxylation sites is 1. The zero-order valence-electron chi connectivity index (χ0n) is 16.4. The molecule has 0 saturated heterocycles. The van der Waals surface area contributed by atoms with Crippen LogP contribution in [0, 0.1) is 17.8 Å². The van der Waals surface area contributed by atoms with E-state index >= 15 is 0 Å². The molecular formula is C25H28O2. The SMILES string of the molecule is CC1CCC(C(C)C)C(c2c(-c3ccccc3)oc3ccccc3c2=O)C1. The maximum absolute atomic E-state index is 13.6. The maximum atomic E-state index is 13.6. The molecule has 3 atom stereocenters. The van der Waals surface area contributed by atoms with Crippen molar-refractivity contribution >= 4 is 11.0 Å². The van der Waals surface area contributed by atoms with Gasteiger partial charge < -0.3 is 4.42 Å². The Kier molecular flexibility index (Phi) is 4.90. The monoisotopic (exact) mass is 360 g/mol. The fraction of sp³-hybridized carbons (Fsp3) is 0.400. The molecule has 3 aromatic rings. The third kappa shape index (κ3) is 3.34. The maximum Gasteiger partial charge on any atom is 0.196 e. The molecule has 0 aliphatic heterocycles. The van der Waals surface area contributed by atoms with Gasteiger partial charge in [-0.05, 0) is 48.6 Å². The van der Waals surface area contributed by atoms with Crippen LogP contribution >= 0.6 is 0 Å². The van der Waals surface area contributed by atoms with Crippen molar-refractivity contribution in [2.24, 2.45) is 17.8 Å². The third-order valence-electron chi connectivity index (χ3n) is 6.26. The van der Waals surface area contributed by atoms with Gasteiger partial charge in [0.05, 0.1) is 5.39 Å². The molecule has 1 aromatic heterocycles. The highest BCUT2D eigenvalue weighted by Gasteiger charge is 2.36. The molecule has 27 heavy (non-hydrogen) atoms. The van der Waals surface area contributed by atoms with E-state index < -0.39 is 0 Å². The molecular weight excluding hydrogens is 332 g/mol. The van der Waals surface area contributed by atoms with Crippen LogP contribution in [0.25, 0.3) is 22.3 Å². The molecule has 0 radical (unpaired) electrons. The van der Waals surface area contributed by atoms with Crippen LogP contribution in [0.5, 0.6) is 0 Å². The predicted molar refractivity (Wildman–Crippen MR) is 112 cm³/mol. The Morgan fingerprint density at radius 3 is 2.41 bits per heavy atom. The quantitative estimate of drug-likeness (QED) is 0.524. The van der Waals surface area contributed by atoms with Gasteiger partial charge in [-0.2, -0.15) is 0 Å². The molecule has 0 spiro atoms. The zero-order valence-corrected chi connectivity index (χ0v) is 16.4. The fourth-order valence-corrected chi connectivity index (χ4v) is 4.83. The number of hydrogen-bond acceptors (Lipinski definition) is 2. The van der Waals surface area contributed by atoms with E-state index in [-0.39, 0.29) is 11.3 Å². The first-order valence-electron chi connectivity index (χ1n) is 10.2. The van der Waals surface area contributed by atoms with Crippen molar-refractivity contribution in [1.29, 1.82) is 0 Å². The molecule has 0 N–H and O–H groups in total. The van der Waals surface area contributed by atoms with E-state index in [1.807, 2.05) is 54.6 Å². The van der Waals surface area contributed by atoms with Crippen molar-refractivity contribution in [3.8, 4) is 11.3 Å². The molecule has 2 heteroatoms. The van der Waals surface area contributed by atoms with Gasteiger partial charge in [0.1, 0.15) is 11.3 Å². The first kappa shape index (κ1) is 18.0. The molecule has 1 saturated carbocycles. The van der Waals surface area contributed by atoms with Crippen LogP contribution in [0.4, 0.5) is 0 Å². The second-order valence-corrected chi connectivity index (χ2v) is 8.47. The summed E-state index contributed by atoms with van der Waals surface area (Å²) in [5.41, 5.74) is 2.72. The number of fused-ring (bicyclic) bond motifs is 1. The van der Waals surface area contributed by atoms with Crippen molar-refractivity contribution in [2.45, 2.75) is 46.0 Å². The minimum atomic E-state index is 0.153. The first-order valence-corrected chi connectivity index (χ1v) is 10.2. The van der Waals surface area contributed by atoms with E-state index in [0.717, 1.165) is 23.3 Å². The van der Waals surface area contributed by atoms with Crippen LogP contribution in [-0.2, 0) is 0 Å². The van der Waals surface area contributed by atoms with Crippen molar-refractivity contribution < 1.29 is 4.42 Å². The molecule has 4 rings (SSSR count). The zero-order chi connectivity index (χ0) is 19.0. The summed E-state index contributed by atoms with van der Waals surface area (Å²) in [6, 6.07) is 17.8. The third-order valence-corrected chi connectivity index (χ3v) is 6.26. The average molecular weight is 360 g/mol. The predicted octanol–water partition coefficient (Wildman–Crippen LogP) is 6.64. The van der Waals surface area contributed by atoms with Gasteiger partial charge in [0, 0.05) is 11.1 Å². The summed E-state index contributed by atoms with van der Waals surface area (Å²) >= 11 is 0. The lowest BCUT2D eigenvalue weighted by atomic mass is 9.67. The van der Waals surface area contributed by atoms with Gasteiger partial charge in [-0.15, -0.1) is 0 Å². The number of benzene rings is 2. The standard InChI is InChI=1S/C25H28O2/c1-16(2)19-14-13-17(3)15-21(19)23-24(26)20-11-7-8-12-22(20)27-25(23)18-9-5-4-6-10-18/h4-12,16-17,19,21H,13-15H2,1-3H3. The summed E-state index contributed by atoms with van der Waals surface area (Å²) in [5, 5.41) is 0.702. The van der Waals surface area contributed by atoms with E-state index in [1.54, 1.807) is 0 Å². The van der Waals surface area contributed by atoms with Crippen LogP contribution in [0.15, 0.2) is 63.8 Å². The molecule has 2 aromatic carbocycles. The van der Waals surface area contributed by atoms with Crippen molar-refractivity contribution in [3.63, 3.8) is 0 Å². The Labute approximate surface area is 161 Å². The van der Waals surface area contributed by atoms with Gasteiger partial charge in [-0.25, -0.2) is 0 Å². The Morgan fingerprint density at radius 1 is 0.963 bits per heavy atom. The van der Waals surface area contributed by atoms with Gasteiger partial charge in [-0.3, -0.25) is 4.79 Å². The van der Waals surface area contributed by atoms with E-state index in [0.29, 0.717) is 28.7 Å². The van der Waals surface area contributed by atoms with Gasteiger partial charge >= 0.3 is 0 Å². The summed E-state index contributed by atoms with van der Waals surface area (Å²) in [6.07, 6.45) is 3.49. The molecule has 1 aliphatic rings. The minimum absolute atomic E-state index is 0.153. The Morgan fingerprint density at radius 2 is 1.67 bits per heavy atom. The van der Waals surface area contributed by atoms with Crippen LogP contribution in [0.3, 0.4) is 0 Å². The molecule has 3 unspecified atom stereocenters. The second kappa shape index (κ2) is 7.34. The highest BCUT2D eigenvalue weighted by atomic mass is 16.3. The van der Waals surface area contributed by atoms with E-state index in [4.69, 9.17) is 4.42 Å². The summed E-state index contributed by atoms with van der Waals surface area (Å²) < 4.78 is 6.38. The number of rotatable bonds is 3. The summed E-state index contributed by atoms with van der Waals surface area (Å²) in [6.45, 7) is 6.89. The smallest absolute Gasteiger partial charge is 0.196 e. The lowest BCUT2D eigenvalue weighted by Gasteiger charge is -2.37.